The summed E-state index contributed by atoms with van der Waals surface area (Å²) in [7, 11) is 0. The SMILES string of the molecule is CCNC(=NCc1ccccc1[N+](=O)[O-])NCC1Cc2ccccc2O1. The van der Waals surface area contributed by atoms with Crippen LogP contribution in [0.25, 0.3) is 0 Å². The van der Waals surface area contributed by atoms with E-state index in [0.717, 1.165) is 12.2 Å². The highest BCUT2D eigenvalue weighted by atomic mass is 16.6. The Morgan fingerprint density at radius 1 is 1.23 bits per heavy atom. The molecule has 2 aromatic carbocycles. The van der Waals surface area contributed by atoms with Crippen LogP contribution >= 0.6 is 0 Å². The molecule has 1 heterocycles. The Labute approximate surface area is 152 Å². The summed E-state index contributed by atoms with van der Waals surface area (Å²) in [6.45, 7) is 3.52. The zero-order valence-corrected chi connectivity index (χ0v) is 14.6. The summed E-state index contributed by atoms with van der Waals surface area (Å²) in [5, 5.41) is 17.5. The van der Waals surface area contributed by atoms with Gasteiger partial charge in [-0.05, 0) is 18.6 Å². The molecule has 0 aliphatic carbocycles. The number of para-hydroxylation sites is 2. The Morgan fingerprint density at radius 2 is 2.00 bits per heavy atom. The predicted octanol–water partition coefficient (Wildman–Crippen LogP) is 2.65. The van der Waals surface area contributed by atoms with Crippen molar-refractivity contribution in [2.24, 2.45) is 4.99 Å². The first-order chi connectivity index (χ1) is 12.7. The second-order valence-corrected chi connectivity index (χ2v) is 6.01. The molecule has 1 aliphatic heterocycles. The lowest BCUT2D eigenvalue weighted by molar-refractivity contribution is -0.385. The average molecular weight is 354 g/mol. The molecular weight excluding hydrogens is 332 g/mol. The highest BCUT2D eigenvalue weighted by molar-refractivity contribution is 5.79. The standard InChI is InChI=1S/C19H22N4O3/c1-2-20-19(21-12-15-8-3-5-9-17(15)23(24)25)22-13-16-11-14-7-4-6-10-18(14)26-16/h3-10,16H,2,11-13H2,1H3,(H2,20,21,22). The zero-order chi connectivity index (χ0) is 18.4. The summed E-state index contributed by atoms with van der Waals surface area (Å²) in [5.74, 6) is 1.55. The van der Waals surface area contributed by atoms with Gasteiger partial charge in [0, 0.05) is 19.0 Å². The van der Waals surface area contributed by atoms with E-state index in [1.807, 2.05) is 25.1 Å². The summed E-state index contributed by atoms with van der Waals surface area (Å²) < 4.78 is 5.91. The summed E-state index contributed by atoms with van der Waals surface area (Å²) >= 11 is 0. The van der Waals surface area contributed by atoms with Crippen molar-refractivity contribution < 1.29 is 9.66 Å². The molecule has 0 saturated carbocycles. The molecule has 7 nitrogen and oxygen atoms in total. The Bertz CT molecular complexity index is 782. The molecule has 136 valence electrons. The molecule has 26 heavy (non-hydrogen) atoms. The Hall–Kier alpha value is -3.09. The first-order valence-corrected chi connectivity index (χ1v) is 8.66. The zero-order valence-electron chi connectivity index (χ0n) is 14.6. The van der Waals surface area contributed by atoms with Crippen LogP contribution in [0, 0.1) is 10.1 Å². The summed E-state index contributed by atoms with van der Waals surface area (Å²) in [6.07, 6.45) is 0.898. The summed E-state index contributed by atoms with van der Waals surface area (Å²) in [6, 6.07) is 14.7. The van der Waals surface area contributed by atoms with Gasteiger partial charge in [-0.3, -0.25) is 10.1 Å². The molecule has 7 heteroatoms. The maximum Gasteiger partial charge on any atom is 0.274 e. The van der Waals surface area contributed by atoms with Gasteiger partial charge in [0.1, 0.15) is 11.9 Å². The van der Waals surface area contributed by atoms with Crippen LogP contribution in [0.4, 0.5) is 5.69 Å². The quantitative estimate of drug-likeness (QED) is 0.360. The van der Waals surface area contributed by atoms with E-state index in [1.165, 1.54) is 11.6 Å². The molecule has 0 aromatic heterocycles. The number of benzene rings is 2. The number of fused-ring (bicyclic) bond motifs is 1. The van der Waals surface area contributed by atoms with Crippen LogP contribution < -0.4 is 15.4 Å². The van der Waals surface area contributed by atoms with Gasteiger partial charge in [-0.2, -0.15) is 0 Å². The van der Waals surface area contributed by atoms with E-state index in [4.69, 9.17) is 4.74 Å². The molecule has 1 unspecified atom stereocenters. The van der Waals surface area contributed by atoms with Crippen LogP contribution in [0.15, 0.2) is 53.5 Å². The third-order valence-electron chi connectivity index (χ3n) is 4.15. The van der Waals surface area contributed by atoms with Gasteiger partial charge in [-0.15, -0.1) is 0 Å². The van der Waals surface area contributed by atoms with E-state index in [0.29, 0.717) is 24.6 Å². The monoisotopic (exact) mass is 354 g/mol. The topological polar surface area (TPSA) is 88.8 Å². The fourth-order valence-electron chi connectivity index (χ4n) is 2.91. The van der Waals surface area contributed by atoms with Crippen LogP contribution in [-0.4, -0.2) is 30.1 Å². The lowest BCUT2D eigenvalue weighted by atomic mass is 10.1. The number of hydrogen-bond acceptors (Lipinski definition) is 4. The first-order valence-electron chi connectivity index (χ1n) is 8.66. The molecule has 0 bridgehead atoms. The fourth-order valence-corrected chi connectivity index (χ4v) is 2.91. The minimum Gasteiger partial charge on any atom is -0.488 e. The predicted molar refractivity (Wildman–Crippen MR) is 100 cm³/mol. The number of rotatable bonds is 6. The number of nitrogens with one attached hydrogen (secondary N) is 2. The van der Waals surface area contributed by atoms with Gasteiger partial charge in [0.25, 0.3) is 5.69 Å². The number of guanidine groups is 1. The number of nitro benzene ring substituents is 1. The second kappa shape index (κ2) is 8.33. The minimum absolute atomic E-state index is 0.0438. The normalized spacial score (nSPS) is 15.9. The minimum atomic E-state index is -0.380. The maximum absolute atomic E-state index is 11.1. The van der Waals surface area contributed by atoms with Gasteiger partial charge in [0.15, 0.2) is 5.96 Å². The van der Waals surface area contributed by atoms with Crippen molar-refractivity contribution in [1.82, 2.24) is 10.6 Å². The molecule has 2 aromatic rings. The van der Waals surface area contributed by atoms with E-state index >= 15 is 0 Å². The molecule has 0 amide bonds. The van der Waals surface area contributed by atoms with Crippen molar-refractivity contribution in [2.45, 2.75) is 26.0 Å². The molecule has 0 spiro atoms. The third kappa shape index (κ3) is 4.30. The maximum atomic E-state index is 11.1. The molecule has 0 fully saturated rings. The van der Waals surface area contributed by atoms with Gasteiger partial charge < -0.3 is 15.4 Å². The Balaban J connectivity index is 1.61. The van der Waals surface area contributed by atoms with E-state index < -0.39 is 0 Å². The van der Waals surface area contributed by atoms with Gasteiger partial charge in [-0.25, -0.2) is 4.99 Å². The van der Waals surface area contributed by atoms with E-state index in [2.05, 4.69) is 21.7 Å². The number of hydrogen-bond donors (Lipinski definition) is 2. The van der Waals surface area contributed by atoms with Gasteiger partial charge in [0.05, 0.1) is 23.6 Å². The lowest BCUT2D eigenvalue weighted by Gasteiger charge is -2.15. The first kappa shape index (κ1) is 17.7. The molecule has 1 aliphatic rings. The van der Waals surface area contributed by atoms with Crippen LogP contribution in [0.3, 0.4) is 0 Å². The number of nitro groups is 1. The average Bonchev–Trinajstić information content (AvgIpc) is 3.07. The number of aliphatic imine (C=N–C) groups is 1. The highest BCUT2D eigenvalue weighted by Crippen LogP contribution is 2.27. The van der Waals surface area contributed by atoms with Crippen LogP contribution in [0.5, 0.6) is 5.75 Å². The Kier molecular flexibility index (Phi) is 5.68. The molecule has 0 radical (unpaired) electrons. The Morgan fingerprint density at radius 3 is 2.77 bits per heavy atom. The summed E-state index contributed by atoms with van der Waals surface area (Å²) in [5.41, 5.74) is 1.88. The highest BCUT2D eigenvalue weighted by Gasteiger charge is 2.22. The molecule has 1 atom stereocenters. The van der Waals surface area contributed by atoms with Crippen molar-refractivity contribution >= 4 is 11.6 Å². The number of ether oxygens (including phenoxy) is 1. The van der Waals surface area contributed by atoms with Crippen molar-refractivity contribution in [3.63, 3.8) is 0 Å². The van der Waals surface area contributed by atoms with E-state index in [9.17, 15) is 10.1 Å². The van der Waals surface area contributed by atoms with Crippen molar-refractivity contribution in [2.75, 3.05) is 13.1 Å². The van der Waals surface area contributed by atoms with Gasteiger partial charge in [-0.1, -0.05) is 36.4 Å². The van der Waals surface area contributed by atoms with Crippen molar-refractivity contribution in [1.29, 1.82) is 0 Å². The molecule has 2 N–H and O–H groups in total. The van der Waals surface area contributed by atoms with Crippen molar-refractivity contribution in [3.05, 3.63) is 69.8 Å². The van der Waals surface area contributed by atoms with Gasteiger partial charge >= 0.3 is 0 Å². The summed E-state index contributed by atoms with van der Waals surface area (Å²) in [4.78, 5) is 15.2. The molecule has 3 rings (SSSR count). The largest absolute Gasteiger partial charge is 0.488 e. The van der Waals surface area contributed by atoms with Gasteiger partial charge in [0.2, 0.25) is 0 Å². The van der Waals surface area contributed by atoms with Crippen LogP contribution in [0.1, 0.15) is 18.1 Å². The third-order valence-corrected chi connectivity index (χ3v) is 4.15. The van der Waals surface area contributed by atoms with E-state index in [-0.39, 0.29) is 23.3 Å². The van der Waals surface area contributed by atoms with Crippen LogP contribution in [0.2, 0.25) is 0 Å². The second-order valence-electron chi connectivity index (χ2n) is 6.01. The molecular formula is C19H22N4O3. The fraction of sp³-hybridized carbons (Fsp3) is 0.316. The van der Waals surface area contributed by atoms with Crippen LogP contribution in [-0.2, 0) is 13.0 Å². The van der Waals surface area contributed by atoms with E-state index in [1.54, 1.807) is 18.2 Å². The number of nitrogens with zero attached hydrogens (tertiary/aromatic N) is 2. The smallest absolute Gasteiger partial charge is 0.274 e. The lowest BCUT2D eigenvalue weighted by Crippen LogP contribution is -2.42. The van der Waals surface area contributed by atoms with Crippen molar-refractivity contribution in [3.8, 4) is 5.75 Å². The molecule has 0 saturated heterocycles.